The van der Waals surface area contributed by atoms with Crippen LogP contribution >= 0.6 is 0 Å². The fraction of sp³-hybridized carbons (Fsp3) is 0.478. The maximum Gasteiger partial charge on any atom is 0.119 e. The Morgan fingerprint density at radius 1 is 1.15 bits per heavy atom. The molecular formula is C23H32N2O. The van der Waals surface area contributed by atoms with E-state index in [4.69, 9.17) is 10.5 Å². The Bertz CT molecular complexity index is 700. The van der Waals surface area contributed by atoms with Gasteiger partial charge >= 0.3 is 0 Å². The van der Waals surface area contributed by atoms with Crippen LogP contribution < -0.4 is 15.8 Å². The predicted molar refractivity (Wildman–Crippen MR) is 109 cm³/mol. The maximum atomic E-state index is 6.27. The monoisotopic (exact) mass is 352 g/mol. The molecule has 0 aromatic heterocycles. The molecule has 0 spiro atoms. The fourth-order valence-corrected chi connectivity index (χ4v) is 4.00. The molecule has 1 aliphatic rings. The van der Waals surface area contributed by atoms with Crippen molar-refractivity contribution in [1.82, 2.24) is 5.32 Å². The molecule has 1 fully saturated rings. The van der Waals surface area contributed by atoms with Crippen LogP contribution in [0.4, 0.5) is 5.69 Å². The number of aryl methyl sites for hydroxylation is 1. The van der Waals surface area contributed by atoms with Gasteiger partial charge in [0.1, 0.15) is 5.75 Å². The van der Waals surface area contributed by atoms with Crippen LogP contribution in [0.5, 0.6) is 5.75 Å². The van der Waals surface area contributed by atoms with Gasteiger partial charge in [0.2, 0.25) is 0 Å². The van der Waals surface area contributed by atoms with E-state index in [0.717, 1.165) is 36.9 Å². The van der Waals surface area contributed by atoms with Crippen molar-refractivity contribution in [3.8, 4) is 5.75 Å². The molecule has 0 radical (unpaired) electrons. The van der Waals surface area contributed by atoms with E-state index in [1.54, 1.807) is 0 Å². The molecule has 0 aliphatic heterocycles. The van der Waals surface area contributed by atoms with Crippen LogP contribution in [0.25, 0.3) is 0 Å². The fourth-order valence-electron chi connectivity index (χ4n) is 4.00. The molecule has 3 nitrogen and oxygen atoms in total. The lowest BCUT2D eigenvalue weighted by Crippen LogP contribution is -2.33. The minimum atomic E-state index is 0.354. The largest absolute Gasteiger partial charge is 0.490 e. The zero-order valence-electron chi connectivity index (χ0n) is 16.1. The van der Waals surface area contributed by atoms with Crippen molar-refractivity contribution in [2.75, 3.05) is 12.3 Å². The Labute approximate surface area is 158 Å². The third-order valence-electron chi connectivity index (χ3n) is 5.51. The van der Waals surface area contributed by atoms with E-state index in [2.05, 4.69) is 49.5 Å². The van der Waals surface area contributed by atoms with Gasteiger partial charge in [0.25, 0.3) is 0 Å². The zero-order chi connectivity index (χ0) is 18.4. The summed E-state index contributed by atoms with van der Waals surface area (Å²) in [6.45, 7) is 6.40. The van der Waals surface area contributed by atoms with E-state index >= 15 is 0 Å². The quantitative estimate of drug-likeness (QED) is 0.694. The van der Waals surface area contributed by atoms with Crippen LogP contribution in [-0.2, 0) is 6.54 Å². The average molecular weight is 353 g/mol. The number of anilines is 1. The summed E-state index contributed by atoms with van der Waals surface area (Å²) < 4.78 is 6.27. The number of nitrogen functional groups attached to an aromatic ring is 1. The highest BCUT2D eigenvalue weighted by molar-refractivity contribution is 5.40. The predicted octanol–water partition coefficient (Wildman–Crippen LogP) is 4.94. The van der Waals surface area contributed by atoms with Gasteiger partial charge in [0.15, 0.2) is 0 Å². The summed E-state index contributed by atoms with van der Waals surface area (Å²) >= 11 is 0. The molecule has 26 heavy (non-hydrogen) atoms. The highest BCUT2D eigenvalue weighted by Gasteiger charge is 2.27. The molecule has 140 valence electrons. The third-order valence-corrected chi connectivity index (χ3v) is 5.51. The van der Waals surface area contributed by atoms with Gasteiger partial charge in [-0.1, -0.05) is 31.2 Å². The van der Waals surface area contributed by atoms with Crippen LogP contribution in [-0.4, -0.2) is 12.6 Å². The highest BCUT2D eigenvalue weighted by atomic mass is 16.5. The summed E-state index contributed by atoms with van der Waals surface area (Å²) in [7, 11) is 0. The van der Waals surface area contributed by atoms with Crippen LogP contribution in [0.3, 0.4) is 0 Å². The van der Waals surface area contributed by atoms with Crippen molar-refractivity contribution in [3.05, 3.63) is 59.7 Å². The van der Waals surface area contributed by atoms with E-state index in [1.807, 2.05) is 18.2 Å². The molecule has 1 saturated carbocycles. The summed E-state index contributed by atoms with van der Waals surface area (Å²) in [6.07, 6.45) is 5.27. The normalized spacial score (nSPS) is 21.3. The average Bonchev–Trinajstić information content (AvgIpc) is 2.62. The molecule has 0 saturated heterocycles. The molecule has 3 rings (SSSR count). The lowest BCUT2D eigenvalue weighted by atomic mass is 9.79. The Hall–Kier alpha value is -2.00. The van der Waals surface area contributed by atoms with Crippen molar-refractivity contribution in [1.29, 1.82) is 0 Å². The smallest absolute Gasteiger partial charge is 0.119 e. The first kappa shape index (κ1) is 18.8. The number of hydrogen-bond donors (Lipinski definition) is 2. The molecule has 3 atom stereocenters. The van der Waals surface area contributed by atoms with Gasteiger partial charge in [-0.05, 0) is 86.4 Å². The zero-order valence-corrected chi connectivity index (χ0v) is 16.1. The van der Waals surface area contributed by atoms with E-state index in [-0.39, 0.29) is 0 Å². The molecule has 0 bridgehead atoms. The second-order valence-corrected chi connectivity index (χ2v) is 7.84. The number of rotatable bonds is 7. The van der Waals surface area contributed by atoms with Crippen LogP contribution in [0.15, 0.2) is 48.5 Å². The van der Waals surface area contributed by atoms with E-state index in [9.17, 15) is 0 Å². The first-order valence-electron chi connectivity index (χ1n) is 9.88. The number of benzene rings is 2. The first-order valence-corrected chi connectivity index (χ1v) is 9.88. The van der Waals surface area contributed by atoms with Crippen LogP contribution in [0.2, 0.25) is 0 Å². The summed E-state index contributed by atoms with van der Waals surface area (Å²) in [6, 6.07) is 16.5. The van der Waals surface area contributed by atoms with E-state index in [1.165, 1.54) is 30.4 Å². The Balaban J connectivity index is 1.46. The van der Waals surface area contributed by atoms with Crippen LogP contribution in [0, 0.1) is 18.8 Å². The molecule has 3 N–H and O–H groups in total. The number of nitrogens with two attached hydrogens (primary N) is 1. The number of ether oxygens (including phenoxy) is 1. The van der Waals surface area contributed by atoms with Gasteiger partial charge in [-0.25, -0.2) is 0 Å². The molecule has 0 amide bonds. The SMILES string of the molecule is Cc1cccc(O[C@@H]2CCCC(C(C)CNCc3cccc(N)c3)C2)c1. The van der Waals surface area contributed by atoms with Gasteiger partial charge < -0.3 is 15.8 Å². The highest BCUT2D eigenvalue weighted by Crippen LogP contribution is 2.32. The molecule has 2 unspecified atom stereocenters. The molecule has 2 aromatic rings. The van der Waals surface area contributed by atoms with Gasteiger partial charge in [-0.15, -0.1) is 0 Å². The summed E-state index contributed by atoms with van der Waals surface area (Å²) in [5, 5.41) is 3.60. The Kier molecular flexibility index (Phi) is 6.56. The van der Waals surface area contributed by atoms with Crippen molar-refractivity contribution in [2.45, 2.75) is 52.2 Å². The molecule has 3 heteroatoms. The van der Waals surface area contributed by atoms with Gasteiger partial charge in [-0.3, -0.25) is 0 Å². The minimum absolute atomic E-state index is 0.354. The van der Waals surface area contributed by atoms with Gasteiger partial charge in [-0.2, -0.15) is 0 Å². The summed E-state index contributed by atoms with van der Waals surface area (Å²) in [4.78, 5) is 0. The summed E-state index contributed by atoms with van der Waals surface area (Å²) in [5.41, 5.74) is 9.20. The number of hydrogen-bond acceptors (Lipinski definition) is 3. The molecule has 2 aromatic carbocycles. The lowest BCUT2D eigenvalue weighted by Gasteiger charge is -2.33. The Morgan fingerprint density at radius 2 is 2.00 bits per heavy atom. The van der Waals surface area contributed by atoms with Crippen molar-refractivity contribution >= 4 is 5.69 Å². The van der Waals surface area contributed by atoms with E-state index < -0.39 is 0 Å². The second kappa shape index (κ2) is 9.09. The minimum Gasteiger partial charge on any atom is -0.490 e. The lowest BCUT2D eigenvalue weighted by molar-refractivity contribution is 0.102. The van der Waals surface area contributed by atoms with E-state index in [0.29, 0.717) is 12.0 Å². The van der Waals surface area contributed by atoms with Gasteiger partial charge in [0, 0.05) is 12.2 Å². The maximum absolute atomic E-state index is 6.27. The Morgan fingerprint density at radius 3 is 2.81 bits per heavy atom. The second-order valence-electron chi connectivity index (χ2n) is 7.84. The third kappa shape index (κ3) is 5.50. The standard InChI is InChI=1S/C23H32N2O/c1-17-6-3-10-22(12-17)26-23-11-5-8-20(14-23)18(2)15-25-16-19-7-4-9-21(24)13-19/h3-4,6-7,9-10,12-13,18,20,23,25H,5,8,11,14-16,24H2,1-2H3/t18?,20?,23-/m1/s1. The van der Waals surface area contributed by atoms with Crippen LogP contribution in [0.1, 0.15) is 43.7 Å². The van der Waals surface area contributed by atoms with Crippen molar-refractivity contribution < 1.29 is 4.74 Å². The van der Waals surface area contributed by atoms with Crippen molar-refractivity contribution in [2.24, 2.45) is 11.8 Å². The topological polar surface area (TPSA) is 47.3 Å². The number of nitrogens with one attached hydrogen (secondary N) is 1. The molecular weight excluding hydrogens is 320 g/mol. The molecule has 0 heterocycles. The molecule has 1 aliphatic carbocycles. The summed E-state index contributed by atoms with van der Waals surface area (Å²) in [5.74, 6) is 2.40. The van der Waals surface area contributed by atoms with Gasteiger partial charge in [0.05, 0.1) is 6.10 Å². The first-order chi connectivity index (χ1) is 12.6. The van der Waals surface area contributed by atoms with Crippen molar-refractivity contribution in [3.63, 3.8) is 0 Å².